The molecule has 0 atom stereocenters. The van der Waals surface area contributed by atoms with Crippen LogP contribution in [0.4, 0.5) is 19.0 Å². The zero-order valence-electron chi connectivity index (χ0n) is 20.0. The molecule has 1 amide bonds. The lowest BCUT2D eigenvalue weighted by atomic mass is 10.1. The Morgan fingerprint density at radius 1 is 0.861 bits per heavy atom. The van der Waals surface area contributed by atoms with Gasteiger partial charge in [0.25, 0.3) is 5.91 Å². The zero-order valence-corrected chi connectivity index (χ0v) is 20.0. The highest BCUT2D eigenvalue weighted by molar-refractivity contribution is 5.96. The van der Waals surface area contributed by atoms with Gasteiger partial charge in [0.15, 0.2) is 17.3 Å². The van der Waals surface area contributed by atoms with Gasteiger partial charge in [0, 0.05) is 31.7 Å². The molecule has 0 aliphatic carbocycles. The summed E-state index contributed by atoms with van der Waals surface area (Å²) in [4.78, 5) is 16.2. The minimum Gasteiger partial charge on any atom is -0.493 e. The molecule has 0 radical (unpaired) electrons. The number of amides is 1. The van der Waals surface area contributed by atoms with Gasteiger partial charge in [-0.25, -0.2) is 0 Å². The number of benzene rings is 2. The lowest BCUT2D eigenvalue weighted by Gasteiger charge is -2.35. The molecule has 190 valence electrons. The Labute approximate surface area is 206 Å². The van der Waals surface area contributed by atoms with Crippen LogP contribution in [0.25, 0.3) is 11.3 Å². The van der Waals surface area contributed by atoms with Crippen molar-refractivity contribution < 1.29 is 32.2 Å². The number of rotatable bonds is 6. The van der Waals surface area contributed by atoms with Crippen LogP contribution in [-0.4, -0.2) is 68.5 Å². The van der Waals surface area contributed by atoms with Crippen molar-refractivity contribution in [2.45, 2.75) is 6.18 Å². The standard InChI is InChI=1S/C25H25F3N4O4/c1-34-20-14-16(15-21(35-2)23(20)36-3)19-8-9-22(30-29-19)31-10-12-32(13-11-31)24(33)17-6-4-5-7-18(17)25(26,27)28/h4-9,14-15H,10-13H2,1-3H3. The minimum atomic E-state index is -4.59. The van der Waals surface area contributed by atoms with Gasteiger partial charge in [-0.2, -0.15) is 13.2 Å². The third-order valence-electron chi connectivity index (χ3n) is 5.96. The van der Waals surface area contributed by atoms with Crippen LogP contribution in [-0.2, 0) is 6.18 Å². The lowest BCUT2D eigenvalue weighted by molar-refractivity contribution is -0.138. The lowest BCUT2D eigenvalue weighted by Crippen LogP contribution is -2.49. The van der Waals surface area contributed by atoms with E-state index in [4.69, 9.17) is 14.2 Å². The number of anilines is 1. The first kappa shape index (κ1) is 25.1. The van der Waals surface area contributed by atoms with Crippen molar-refractivity contribution in [1.82, 2.24) is 15.1 Å². The van der Waals surface area contributed by atoms with Crippen molar-refractivity contribution in [3.05, 3.63) is 59.7 Å². The molecule has 0 spiro atoms. The van der Waals surface area contributed by atoms with Gasteiger partial charge in [0.2, 0.25) is 5.75 Å². The second kappa shape index (κ2) is 10.3. The summed E-state index contributed by atoms with van der Waals surface area (Å²) in [6.45, 7) is 1.36. The molecular formula is C25H25F3N4O4. The summed E-state index contributed by atoms with van der Waals surface area (Å²) in [5.74, 6) is 1.43. The predicted molar refractivity (Wildman–Crippen MR) is 127 cm³/mol. The molecule has 0 N–H and O–H groups in total. The smallest absolute Gasteiger partial charge is 0.417 e. The first-order valence-corrected chi connectivity index (χ1v) is 11.1. The highest BCUT2D eigenvalue weighted by Gasteiger charge is 2.36. The monoisotopic (exact) mass is 502 g/mol. The summed E-state index contributed by atoms with van der Waals surface area (Å²) in [5.41, 5.74) is 0.0523. The van der Waals surface area contributed by atoms with E-state index in [1.165, 1.54) is 44.4 Å². The molecule has 1 aliphatic heterocycles. The predicted octanol–water partition coefficient (Wildman–Crippen LogP) is 4.15. The van der Waals surface area contributed by atoms with E-state index in [2.05, 4.69) is 10.2 Å². The molecule has 0 bridgehead atoms. The Kier molecular flexibility index (Phi) is 7.18. The van der Waals surface area contributed by atoms with Crippen LogP contribution in [0.1, 0.15) is 15.9 Å². The number of hydrogen-bond donors (Lipinski definition) is 0. The van der Waals surface area contributed by atoms with E-state index in [-0.39, 0.29) is 18.7 Å². The van der Waals surface area contributed by atoms with E-state index in [1.54, 1.807) is 18.2 Å². The molecule has 2 aromatic carbocycles. The SMILES string of the molecule is COc1cc(-c2ccc(N3CCN(C(=O)c4ccccc4C(F)(F)F)CC3)nn2)cc(OC)c1OC. The number of nitrogens with zero attached hydrogens (tertiary/aromatic N) is 4. The number of methoxy groups -OCH3 is 3. The van der Waals surface area contributed by atoms with Crippen molar-refractivity contribution in [2.75, 3.05) is 52.4 Å². The number of carbonyl (C=O) groups is 1. The van der Waals surface area contributed by atoms with E-state index in [0.29, 0.717) is 41.8 Å². The molecule has 4 rings (SSSR count). The fourth-order valence-corrected chi connectivity index (χ4v) is 4.10. The van der Waals surface area contributed by atoms with E-state index >= 15 is 0 Å². The number of carbonyl (C=O) groups excluding carboxylic acids is 1. The summed E-state index contributed by atoms with van der Waals surface area (Å²) >= 11 is 0. The molecule has 11 heteroatoms. The van der Waals surface area contributed by atoms with Gasteiger partial charge in [0.1, 0.15) is 0 Å². The van der Waals surface area contributed by atoms with Crippen molar-refractivity contribution in [3.63, 3.8) is 0 Å². The van der Waals surface area contributed by atoms with Crippen molar-refractivity contribution in [3.8, 4) is 28.5 Å². The molecular weight excluding hydrogens is 477 g/mol. The van der Waals surface area contributed by atoms with E-state index in [1.807, 2.05) is 11.0 Å². The first-order valence-electron chi connectivity index (χ1n) is 11.1. The zero-order chi connectivity index (χ0) is 25.9. The Morgan fingerprint density at radius 2 is 1.50 bits per heavy atom. The van der Waals surface area contributed by atoms with Gasteiger partial charge in [-0.3, -0.25) is 4.79 Å². The van der Waals surface area contributed by atoms with Crippen LogP contribution in [0, 0.1) is 0 Å². The number of hydrogen-bond acceptors (Lipinski definition) is 7. The third-order valence-corrected chi connectivity index (χ3v) is 5.96. The molecule has 0 unspecified atom stereocenters. The molecule has 3 aromatic rings. The van der Waals surface area contributed by atoms with Crippen molar-refractivity contribution in [2.24, 2.45) is 0 Å². The maximum Gasteiger partial charge on any atom is 0.417 e. The van der Waals surface area contributed by atoms with Crippen LogP contribution in [0.2, 0.25) is 0 Å². The normalized spacial score (nSPS) is 13.9. The van der Waals surface area contributed by atoms with Gasteiger partial charge >= 0.3 is 6.18 Å². The number of alkyl halides is 3. The largest absolute Gasteiger partial charge is 0.493 e. The Hall–Kier alpha value is -4.02. The molecule has 1 aliphatic rings. The Bertz CT molecular complexity index is 1200. The summed E-state index contributed by atoms with van der Waals surface area (Å²) < 4.78 is 56.1. The number of piperazine rings is 1. The third kappa shape index (κ3) is 5.00. The van der Waals surface area contributed by atoms with Gasteiger partial charge in [-0.05, 0) is 36.4 Å². The molecule has 2 heterocycles. The summed E-state index contributed by atoms with van der Waals surface area (Å²) in [6.07, 6.45) is -4.59. The highest BCUT2D eigenvalue weighted by Crippen LogP contribution is 2.40. The van der Waals surface area contributed by atoms with Gasteiger partial charge in [-0.1, -0.05) is 12.1 Å². The van der Waals surface area contributed by atoms with Crippen molar-refractivity contribution in [1.29, 1.82) is 0 Å². The molecule has 0 saturated carbocycles. The van der Waals surface area contributed by atoms with E-state index in [9.17, 15) is 18.0 Å². The molecule has 1 aromatic heterocycles. The number of aromatic nitrogens is 2. The molecule has 1 fully saturated rings. The van der Waals surface area contributed by atoms with Crippen LogP contribution in [0.5, 0.6) is 17.2 Å². The number of halogens is 3. The second-order valence-electron chi connectivity index (χ2n) is 8.01. The van der Waals surface area contributed by atoms with Crippen LogP contribution in [0.3, 0.4) is 0 Å². The summed E-state index contributed by atoms with van der Waals surface area (Å²) in [6, 6.07) is 12.0. The minimum absolute atomic E-state index is 0.265. The van der Waals surface area contributed by atoms with Crippen LogP contribution < -0.4 is 19.1 Å². The van der Waals surface area contributed by atoms with Gasteiger partial charge < -0.3 is 24.0 Å². The number of ether oxygens (including phenoxy) is 3. The Balaban J connectivity index is 1.46. The highest BCUT2D eigenvalue weighted by atomic mass is 19.4. The average molecular weight is 502 g/mol. The maximum atomic E-state index is 13.3. The Morgan fingerprint density at radius 3 is 2.03 bits per heavy atom. The van der Waals surface area contributed by atoms with E-state index in [0.717, 1.165) is 11.6 Å². The van der Waals surface area contributed by atoms with Gasteiger partial charge in [-0.15, -0.1) is 10.2 Å². The average Bonchev–Trinajstić information content (AvgIpc) is 2.91. The summed E-state index contributed by atoms with van der Waals surface area (Å²) in [5, 5.41) is 8.64. The summed E-state index contributed by atoms with van der Waals surface area (Å²) in [7, 11) is 4.58. The topological polar surface area (TPSA) is 77.0 Å². The fraction of sp³-hybridized carbons (Fsp3) is 0.320. The van der Waals surface area contributed by atoms with Crippen LogP contribution in [0.15, 0.2) is 48.5 Å². The first-order chi connectivity index (χ1) is 17.3. The fourth-order valence-electron chi connectivity index (χ4n) is 4.10. The molecule has 8 nitrogen and oxygen atoms in total. The van der Waals surface area contributed by atoms with E-state index < -0.39 is 17.6 Å². The molecule has 36 heavy (non-hydrogen) atoms. The van der Waals surface area contributed by atoms with Crippen molar-refractivity contribution >= 4 is 11.7 Å². The van der Waals surface area contributed by atoms with Gasteiger partial charge in [0.05, 0.1) is 38.2 Å². The molecule has 1 saturated heterocycles. The maximum absolute atomic E-state index is 13.3. The van der Waals surface area contributed by atoms with Crippen LogP contribution >= 0.6 is 0 Å². The second-order valence-corrected chi connectivity index (χ2v) is 8.01. The quantitative estimate of drug-likeness (QED) is 0.501.